The maximum atomic E-state index is 12.8. The first kappa shape index (κ1) is 49.8. The number of fused-ring (bicyclic) bond motifs is 1. The van der Waals surface area contributed by atoms with Crippen molar-refractivity contribution >= 4 is 11.0 Å². The predicted molar refractivity (Wildman–Crippen MR) is 310 cm³/mol. The van der Waals surface area contributed by atoms with Crippen molar-refractivity contribution in [3.8, 4) is 78.6 Å². The van der Waals surface area contributed by atoms with E-state index in [1.807, 2.05) is 18.2 Å². The van der Waals surface area contributed by atoms with Crippen LogP contribution in [0.4, 0.5) is 0 Å². The van der Waals surface area contributed by atoms with Gasteiger partial charge in [0.2, 0.25) is 0 Å². The van der Waals surface area contributed by atoms with Crippen LogP contribution in [0.2, 0.25) is 0 Å². The summed E-state index contributed by atoms with van der Waals surface area (Å²) in [5.74, 6) is 0.857. The van der Waals surface area contributed by atoms with E-state index in [1.165, 1.54) is 16.7 Å². The smallest absolute Gasteiger partial charge is 0.148 e. The summed E-state index contributed by atoms with van der Waals surface area (Å²) < 4.78 is 26.1. The van der Waals surface area contributed by atoms with Crippen molar-refractivity contribution in [3.63, 3.8) is 0 Å². The molecule has 2 aromatic heterocycles. The zero-order chi connectivity index (χ0) is 55.1. The Morgan fingerprint density at radius 1 is 0.473 bits per heavy atom. The number of aromatic hydroxyl groups is 1. The number of phenols is 1. The first-order chi connectivity index (χ1) is 35.4. The molecule has 1 N–H and O–H groups in total. The number of rotatable bonds is 7. The Morgan fingerprint density at radius 3 is 1.59 bits per heavy atom. The van der Waals surface area contributed by atoms with E-state index in [9.17, 15) is 5.11 Å². The van der Waals surface area contributed by atoms with Crippen molar-refractivity contribution in [2.45, 2.75) is 138 Å². The van der Waals surface area contributed by atoms with Gasteiger partial charge in [-0.25, -0.2) is 4.98 Å². The molecule has 2 heterocycles. The molecule has 0 amide bonds. The zero-order valence-corrected chi connectivity index (χ0v) is 48.3. The van der Waals surface area contributed by atoms with Gasteiger partial charge in [0.25, 0.3) is 0 Å². The Bertz CT molecular complexity index is 3630. The van der Waals surface area contributed by atoms with Gasteiger partial charge < -0.3 is 5.11 Å². The number of aryl methyl sites for hydroxylation is 1. The van der Waals surface area contributed by atoms with Crippen LogP contribution in [0.3, 0.4) is 0 Å². The molecule has 0 saturated carbocycles. The number of hydrogen-bond donors (Lipinski definition) is 1. The molecule has 0 atom stereocenters. The van der Waals surface area contributed by atoms with Gasteiger partial charge in [-0.15, -0.1) is 23.8 Å². The molecule has 5 heteroatoms. The Kier molecular flexibility index (Phi) is 13.3. The van der Waals surface area contributed by atoms with Crippen molar-refractivity contribution in [3.05, 3.63) is 191 Å². The maximum absolute atomic E-state index is 12.8. The number of pyridine rings is 1. The number of aromatic nitrogens is 3. The van der Waals surface area contributed by atoms with Crippen LogP contribution in [0.15, 0.2) is 152 Å². The predicted octanol–water partition coefficient (Wildman–Crippen LogP) is 18.7. The van der Waals surface area contributed by atoms with E-state index in [1.54, 1.807) is 18.3 Å². The van der Waals surface area contributed by atoms with Gasteiger partial charge in [-0.2, -0.15) is 0 Å². The van der Waals surface area contributed by atoms with E-state index in [2.05, 4.69) is 230 Å². The molecule has 0 unspecified atom stereocenters. The maximum Gasteiger partial charge on any atom is 0.148 e. The van der Waals surface area contributed by atoms with Crippen LogP contribution < -0.4 is 0 Å². The summed E-state index contributed by atoms with van der Waals surface area (Å²) >= 11 is 0. The second-order valence-corrected chi connectivity index (χ2v) is 25.2. The molecule has 0 fully saturated rings. The van der Waals surface area contributed by atoms with E-state index < -0.39 is 6.85 Å². The monoisotopic (exact) mass is 1160 g/mol. The first-order valence-electron chi connectivity index (χ1n) is 27.3. The molecule has 7 aromatic carbocycles. The van der Waals surface area contributed by atoms with Crippen molar-refractivity contribution in [1.29, 1.82) is 0 Å². The summed E-state index contributed by atoms with van der Waals surface area (Å²) in [4.78, 5) is 10.7. The second-order valence-electron chi connectivity index (χ2n) is 25.2. The molecule has 4 nitrogen and oxygen atoms in total. The molecule has 9 rings (SSSR count). The Balaban J connectivity index is 0.00000784. The molecule has 0 radical (unpaired) electrons. The van der Waals surface area contributed by atoms with Crippen molar-refractivity contribution in [1.82, 2.24) is 14.5 Å². The first-order valence-corrected chi connectivity index (χ1v) is 25.8. The molecule has 382 valence electrons. The SMILES string of the molecule is [2H]C([2H])([2H])c1ccc(-c2ccnc(-c3[c-]c(-c4cccc5c4nc(-c4cc(C(C)(C)C)cc(C(C)(C)C)c4O)n5-c4ccc(C(C)(C)C)cc4-c4ccc(C(C)(C)C)cc4)cc(-c4ccc(C(C)(C)C)cc4)c3)c2)cc1.[Pt]. The topological polar surface area (TPSA) is 50.9 Å². The summed E-state index contributed by atoms with van der Waals surface area (Å²) in [6.45, 7) is 31.1. The van der Waals surface area contributed by atoms with E-state index in [0.29, 0.717) is 17.0 Å². The summed E-state index contributed by atoms with van der Waals surface area (Å²) in [5, 5.41) is 12.8. The summed E-state index contributed by atoms with van der Waals surface area (Å²) in [5.41, 5.74) is 17.7. The fourth-order valence-electron chi connectivity index (χ4n) is 9.73. The molecule has 74 heavy (non-hydrogen) atoms. The summed E-state index contributed by atoms with van der Waals surface area (Å²) in [6, 6.07) is 54.6. The fourth-order valence-corrected chi connectivity index (χ4v) is 9.73. The average molecular weight is 1160 g/mol. The van der Waals surface area contributed by atoms with Crippen LogP contribution in [0.25, 0.3) is 83.9 Å². The summed E-state index contributed by atoms with van der Waals surface area (Å²) in [7, 11) is 0. The quantitative estimate of drug-likeness (QED) is 0.162. The van der Waals surface area contributed by atoms with Crippen molar-refractivity contribution in [2.24, 2.45) is 0 Å². The third-order valence-corrected chi connectivity index (χ3v) is 14.4. The zero-order valence-electron chi connectivity index (χ0n) is 49.0. The van der Waals surface area contributed by atoms with Gasteiger partial charge in [0.15, 0.2) is 0 Å². The fraction of sp³-hybridized carbons (Fsp3) is 0.304. The van der Waals surface area contributed by atoms with Crippen LogP contribution in [0, 0.1) is 12.9 Å². The molecule has 0 aliphatic rings. The standard InChI is InChI=1S/C69H74N3O.Pt/c1-43-20-22-44(23-21-43)47-34-35-70-59(39-47)50-37-48(45-24-28-51(29-25-45)65(2,3)4)36-49(38-50)55-18-17-19-61-62(55)71-64(57-41-54(68(11,12)13)42-58(63(57)73)69(14,15)16)72(61)60-33-32-53(67(8,9)10)40-56(60)46-26-30-52(31-27-46)66(5,6)7;/h17-37,39-42,73H,1-16H3;/q-1;/i1D3;. The van der Waals surface area contributed by atoms with Crippen LogP contribution in [0.1, 0.15) is 141 Å². The Labute approximate surface area is 460 Å². The Hall–Kier alpha value is -6.35. The molecular formula is C69H74N3OPt-. The molecule has 9 aromatic rings. The minimum absolute atomic E-state index is 0. The molecule has 0 aliphatic carbocycles. The number of para-hydroxylation sites is 1. The molecule has 0 aliphatic heterocycles. The van der Waals surface area contributed by atoms with Crippen molar-refractivity contribution in [2.75, 3.05) is 0 Å². The Morgan fingerprint density at radius 2 is 1.01 bits per heavy atom. The number of imidazole rings is 1. The molecule has 0 saturated heterocycles. The minimum atomic E-state index is -2.19. The van der Waals surface area contributed by atoms with Crippen molar-refractivity contribution < 1.29 is 30.3 Å². The van der Waals surface area contributed by atoms with Gasteiger partial charge >= 0.3 is 0 Å². The van der Waals surface area contributed by atoms with E-state index >= 15 is 0 Å². The van der Waals surface area contributed by atoms with Crippen LogP contribution in [0.5, 0.6) is 5.75 Å². The summed E-state index contributed by atoms with van der Waals surface area (Å²) in [6.07, 6.45) is 1.80. The number of hydrogen-bond acceptors (Lipinski definition) is 3. The van der Waals surface area contributed by atoms with Crippen LogP contribution in [-0.2, 0) is 48.1 Å². The van der Waals surface area contributed by atoms with Gasteiger partial charge in [-0.05, 0) is 109 Å². The third kappa shape index (κ3) is 10.9. The third-order valence-electron chi connectivity index (χ3n) is 14.4. The molecule has 0 bridgehead atoms. The average Bonchev–Trinajstić information content (AvgIpc) is 3.81. The molecular weight excluding hydrogens is 1080 g/mol. The van der Waals surface area contributed by atoms with Gasteiger partial charge in [0.05, 0.1) is 22.3 Å². The number of benzene rings is 7. The second kappa shape index (κ2) is 19.7. The number of phenolic OH excluding ortho intramolecular Hbond substituents is 1. The van der Waals surface area contributed by atoms with E-state index in [4.69, 9.17) is 14.1 Å². The van der Waals surface area contributed by atoms with Gasteiger partial charge in [-0.1, -0.05) is 229 Å². The van der Waals surface area contributed by atoms with Crippen LogP contribution >= 0.6 is 0 Å². The van der Waals surface area contributed by atoms with E-state index in [0.717, 1.165) is 83.6 Å². The largest absolute Gasteiger partial charge is 0.507 e. The molecule has 0 spiro atoms. The van der Waals surface area contributed by atoms with E-state index in [-0.39, 0.29) is 53.9 Å². The van der Waals surface area contributed by atoms with Gasteiger partial charge in [-0.3, -0.25) is 9.55 Å². The minimum Gasteiger partial charge on any atom is -0.507 e. The normalized spacial score (nSPS) is 13.3. The number of nitrogens with zero attached hydrogens (tertiary/aromatic N) is 3. The van der Waals surface area contributed by atoms with Crippen LogP contribution in [-0.4, -0.2) is 19.6 Å². The van der Waals surface area contributed by atoms with Gasteiger partial charge in [0.1, 0.15) is 11.6 Å². The van der Waals surface area contributed by atoms with Gasteiger partial charge in [0, 0.05) is 48.2 Å².